The van der Waals surface area contributed by atoms with Crippen molar-refractivity contribution in [2.75, 3.05) is 6.61 Å². The molecule has 0 aromatic rings. The number of rotatable bonds is 25. The molecule has 0 rings (SSSR count). The van der Waals surface area contributed by atoms with Crippen molar-refractivity contribution >= 4 is 5.91 Å². The molecule has 0 aromatic heterocycles. The lowest BCUT2D eigenvalue weighted by Gasteiger charge is -2.20. The summed E-state index contributed by atoms with van der Waals surface area (Å²) in [4.78, 5) is 12.2. The molecule has 0 aromatic carbocycles. The number of carbonyl (C=O) groups excluding carboxylic acids is 1. The standard InChI is InChI=1S/C31H57NO4/c1-3-5-7-9-11-13-14-15-17-19-21-23-25-30(35)29(27-33)32-31(36)26-28(34)24-22-20-18-16-12-10-8-6-4-2/h10,12,15,17,23,25,28-30,33-35H,3-9,11,13-14,16,18-22,24,26-27H2,1-2H3,(H,32,36)/b12-10-,17-15+,25-23+. The van der Waals surface area contributed by atoms with Gasteiger partial charge < -0.3 is 20.6 Å². The van der Waals surface area contributed by atoms with Gasteiger partial charge in [-0.05, 0) is 51.4 Å². The van der Waals surface area contributed by atoms with Crippen LogP contribution in [-0.4, -0.2) is 46.1 Å². The summed E-state index contributed by atoms with van der Waals surface area (Å²) in [5.41, 5.74) is 0. The molecule has 210 valence electrons. The lowest BCUT2D eigenvalue weighted by Crippen LogP contribution is -2.45. The van der Waals surface area contributed by atoms with E-state index in [9.17, 15) is 20.1 Å². The summed E-state index contributed by atoms with van der Waals surface area (Å²) < 4.78 is 0. The predicted octanol–water partition coefficient (Wildman–Crippen LogP) is 6.92. The van der Waals surface area contributed by atoms with Gasteiger partial charge >= 0.3 is 0 Å². The van der Waals surface area contributed by atoms with E-state index in [2.05, 4.69) is 43.5 Å². The van der Waals surface area contributed by atoms with Gasteiger partial charge in [0.25, 0.3) is 0 Å². The van der Waals surface area contributed by atoms with Crippen LogP contribution in [0.2, 0.25) is 0 Å². The van der Waals surface area contributed by atoms with Crippen LogP contribution >= 0.6 is 0 Å². The van der Waals surface area contributed by atoms with E-state index in [1.165, 1.54) is 51.4 Å². The highest BCUT2D eigenvalue weighted by Gasteiger charge is 2.19. The van der Waals surface area contributed by atoms with Crippen molar-refractivity contribution in [1.29, 1.82) is 0 Å². The first-order valence-corrected chi connectivity index (χ1v) is 14.8. The molecule has 36 heavy (non-hydrogen) atoms. The van der Waals surface area contributed by atoms with Crippen molar-refractivity contribution in [3.63, 3.8) is 0 Å². The van der Waals surface area contributed by atoms with Crippen molar-refractivity contribution in [1.82, 2.24) is 5.32 Å². The quantitative estimate of drug-likeness (QED) is 0.0798. The van der Waals surface area contributed by atoms with E-state index in [0.29, 0.717) is 6.42 Å². The van der Waals surface area contributed by atoms with E-state index in [0.717, 1.165) is 51.4 Å². The van der Waals surface area contributed by atoms with Crippen LogP contribution in [-0.2, 0) is 4.79 Å². The average Bonchev–Trinajstić information content (AvgIpc) is 2.86. The second kappa shape index (κ2) is 26.6. The minimum Gasteiger partial charge on any atom is -0.394 e. The topological polar surface area (TPSA) is 89.8 Å². The molecule has 0 fully saturated rings. The zero-order valence-electron chi connectivity index (χ0n) is 23.4. The second-order valence-corrected chi connectivity index (χ2v) is 9.99. The third-order valence-electron chi connectivity index (χ3n) is 6.40. The first kappa shape index (κ1) is 34.6. The summed E-state index contributed by atoms with van der Waals surface area (Å²) in [5, 5.41) is 32.7. The smallest absolute Gasteiger partial charge is 0.222 e. The molecule has 3 unspecified atom stereocenters. The van der Waals surface area contributed by atoms with Crippen LogP contribution in [0, 0.1) is 0 Å². The van der Waals surface area contributed by atoms with Gasteiger partial charge in [0.15, 0.2) is 0 Å². The molecule has 3 atom stereocenters. The Morgan fingerprint density at radius 3 is 1.86 bits per heavy atom. The maximum atomic E-state index is 12.2. The molecule has 0 saturated heterocycles. The first-order valence-electron chi connectivity index (χ1n) is 14.8. The maximum Gasteiger partial charge on any atom is 0.222 e. The van der Waals surface area contributed by atoms with E-state index in [4.69, 9.17) is 0 Å². The minimum atomic E-state index is -0.950. The predicted molar refractivity (Wildman–Crippen MR) is 153 cm³/mol. The van der Waals surface area contributed by atoms with Crippen LogP contribution in [0.15, 0.2) is 36.5 Å². The van der Waals surface area contributed by atoms with Crippen LogP contribution in [0.3, 0.4) is 0 Å². The van der Waals surface area contributed by atoms with E-state index < -0.39 is 18.2 Å². The van der Waals surface area contributed by atoms with E-state index in [1.54, 1.807) is 6.08 Å². The summed E-state index contributed by atoms with van der Waals surface area (Å²) in [6, 6.07) is -0.760. The number of aliphatic hydroxyl groups excluding tert-OH is 3. The molecule has 5 nitrogen and oxygen atoms in total. The normalized spacial score (nSPS) is 14.7. The first-order chi connectivity index (χ1) is 17.5. The maximum absolute atomic E-state index is 12.2. The number of amides is 1. The fourth-order valence-electron chi connectivity index (χ4n) is 4.04. The lowest BCUT2D eigenvalue weighted by atomic mass is 10.1. The molecule has 0 bridgehead atoms. The number of unbranched alkanes of at least 4 members (excludes halogenated alkanes) is 12. The number of carbonyl (C=O) groups is 1. The number of hydrogen-bond acceptors (Lipinski definition) is 4. The van der Waals surface area contributed by atoms with Crippen LogP contribution in [0.5, 0.6) is 0 Å². The Hall–Kier alpha value is -1.43. The molecule has 5 heteroatoms. The zero-order valence-corrected chi connectivity index (χ0v) is 23.4. The van der Waals surface area contributed by atoms with Crippen LogP contribution in [0.1, 0.15) is 129 Å². The summed E-state index contributed by atoms with van der Waals surface area (Å²) in [6.07, 6.45) is 29.8. The molecule has 0 saturated carbocycles. The third kappa shape index (κ3) is 23.0. The SMILES string of the molecule is CCCC/C=C\CCCCCC(O)CC(=O)NC(CO)C(O)/C=C/CC/C=C/CCCCCCCC. The van der Waals surface area contributed by atoms with E-state index >= 15 is 0 Å². The van der Waals surface area contributed by atoms with Crippen LogP contribution in [0.25, 0.3) is 0 Å². The van der Waals surface area contributed by atoms with Crippen molar-refractivity contribution in [2.45, 2.75) is 148 Å². The molecule has 0 aliphatic carbocycles. The number of nitrogens with one attached hydrogen (secondary N) is 1. The van der Waals surface area contributed by atoms with Crippen molar-refractivity contribution < 1.29 is 20.1 Å². The van der Waals surface area contributed by atoms with Gasteiger partial charge in [0.2, 0.25) is 5.91 Å². The Kier molecular flexibility index (Phi) is 25.6. The van der Waals surface area contributed by atoms with Gasteiger partial charge in [0.05, 0.1) is 31.3 Å². The summed E-state index contributed by atoms with van der Waals surface area (Å²) in [7, 11) is 0. The Morgan fingerprint density at radius 2 is 1.22 bits per heavy atom. The van der Waals surface area contributed by atoms with Gasteiger partial charge in [0.1, 0.15) is 0 Å². The number of allylic oxidation sites excluding steroid dienone is 5. The van der Waals surface area contributed by atoms with Gasteiger partial charge in [-0.25, -0.2) is 0 Å². The summed E-state index contributed by atoms with van der Waals surface area (Å²) in [5.74, 6) is -0.342. The second-order valence-electron chi connectivity index (χ2n) is 9.99. The number of aliphatic hydroxyl groups is 3. The Bertz CT molecular complexity index is 573. The van der Waals surface area contributed by atoms with Gasteiger partial charge in [-0.2, -0.15) is 0 Å². The fourth-order valence-corrected chi connectivity index (χ4v) is 4.04. The van der Waals surface area contributed by atoms with Crippen LogP contribution in [0.4, 0.5) is 0 Å². The molecule has 1 amide bonds. The highest BCUT2D eigenvalue weighted by molar-refractivity contribution is 5.76. The Morgan fingerprint density at radius 1 is 0.694 bits per heavy atom. The van der Waals surface area contributed by atoms with Gasteiger partial charge in [-0.1, -0.05) is 108 Å². The largest absolute Gasteiger partial charge is 0.394 e. The summed E-state index contributed by atoms with van der Waals surface area (Å²) >= 11 is 0. The third-order valence-corrected chi connectivity index (χ3v) is 6.40. The van der Waals surface area contributed by atoms with Gasteiger partial charge in [-0.15, -0.1) is 0 Å². The Balaban J connectivity index is 3.94. The van der Waals surface area contributed by atoms with Crippen molar-refractivity contribution in [3.8, 4) is 0 Å². The molecule has 0 heterocycles. The monoisotopic (exact) mass is 507 g/mol. The number of hydrogen-bond donors (Lipinski definition) is 4. The zero-order chi connectivity index (χ0) is 26.7. The molecular formula is C31H57NO4. The van der Waals surface area contributed by atoms with Gasteiger partial charge in [-0.3, -0.25) is 4.79 Å². The molecular weight excluding hydrogens is 450 g/mol. The molecule has 4 N–H and O–H groups in total. The van der Waals surface area contributed by atoms with Crippen molar-refractivity contribution in [3.05, 3.63) is 36.5 Å². The van der Waals surface area contributed by atoms with Gasteiger partial charge in [0, 0.05) is 0 Å². The average molecular weight is 508 g/mol. The fraction of sp³-hybridized carbons (Fsp3) is 0.774. The summed E-state index contributed by atoms with van der Waals surface area (Å²) in [6.45, 7) is 4.08. The molecule has 0 aliphatic heterocycles. The highest BCUT2D eigenvalue weighted by Crippen LogP contribution is 2.10. The Labute approximate surface area is 222 Å². The van der Waals surface area contributed by atoms with Crippen molar-refractivity contribution in [2.24, 2.45) is 0 Å². The molecule has 0 radical (unpaired) electrons. The molecule has 0 aliphatic rings. The van der Waals surface area contributed by atoms with E-state index in [-0.39, 0.29) is 18.9 Å². The highest BCUT2D eigenvalue weighted by atomic mass is 16.3. The minimum absolute atomic E-state index is 0.00669. The molecule has 0 spiro atoms. The lowest BCUT2D eigenvalue weighted by molar-refractivity contribution is -0.124. The van der Waals surface area contributed by atoms with Crippen LogP contribution < -0.4 is 5.32 Å². The van der Waals surface area contributed by atoms with E-state index in [1.807, 2.05) is 6.08 Å².